The number of benzene rings is 1. The van der Waals surface area contributed by atoms with E-state index in [4.69, 9.17) is 9.47 Å². The number of methoxy groups -OCH3 is 1. The van der Waals surface area contributed by atoms with Gasteiger partial charge in [-0.05, 0) is 56.2 Å². The molecule has 1 aromatic heterocycles. The molecule has 0 fully saturated rings. The fourth-order valence-corrected chi connectivity index (χ4v) is 2.61. The minimum Gasteiger partial charge on any atom is -0.493 e. The smallest absolute Gasteiger partial charge is 0.248 e. The highest BCUT2D eigenvalue weighted by molar-refractivity contribution is 6.02. The first-order valence-electron chi connectivity index (χ1n) is 8.30. The lowest BCUT2D eigenvalue weighted by molar-refractivity contribution is -0.111. The minimum absolute atomic E-state index is 0.215. The van der Waals surface area contributed by atoms with Crippen molar-refractivity contribution in [2.75, 3.05) is 19.0 Å². The third-order valence-corrected chi connectivity index (χ3v) is 3.75. The minimum atomic E-state index is -0.215. The summed E-state index contributed by atoms with van der Waals surface area (Å²) in [4.78, 5) is 16.6. The summed E-state index contributed by atoms with van der Waals surface area (Å²) in [5.74, 6) is 1.02. The van der Waals surface area contributed by atoms with Crippen LogP contribution in [0.25, 0.3) is 6.08 Å². The first-order chi connectivity index (χ1) is 12.4. The Balaban J connectivity index is 2.12. The monoisotopic (exact) mass is 352 g/mol. The molecule has 2 rings (SSSR count). The normalized spacial score (nSPS) is 10.6. The van der Waals surface area contributed by atoms with Crippen molar-refractivity contribution >= 4 is 17.7 Å². The lowest BCUT2D eigenvalue weighted by atomic mass is 10.1. The largest absolute Gasteiger partial charge is 0.493 e. The number of aryl methyl sites for hydroxylation is 3. The maximum atomic E-state index is 12.2. The fourth-order valence-electron chi connectivity index (χ4n) is 2.61. The number of ether oxygens (including phenoxy) is 2. The summed E-state index contributed by atoms with van der Waals surface area (Å²) in [7, 11) is 1.58. The summed E-state index contributed by atoms with van der Waals surface area (Å²) in [6.07, 6.45) is 4.88. The van der Waals surface area contributed by atoms with Crippen LogP contribution in [-0.2, 0) is 4.79 Å². The highest BCUT2D eigenvalue weighted by Gasteiger charge is 2.08. The van der Waals surface area contributed by atoms with Gasteiger partial charge in [0.1, 0.15) is 6.61 Å². The second kappa shape index (κ2) is 8.85. The van der Waals surface area contributed by atoms with E-state index in [9.17, 15) is 4.79 Å². The number of anilines is 1. The Morgan fingerprint density at radius 3 is 2.65 bits per heavy atom. The van der Waals surface area contributed by atoms with Gasteiger partial charge in [0.15, 0.2) is 11.5 Å². The zero-order chi connectivity index (χ0) is 19.1. The van der Waals surface area contributed by atoms with E-state index in [1.807, 2.05) is 39.0 Å². The predicted molar refractivity (Wildman–Crippen MR) is 105 cm³/mol. The number of nitrogens with zero attached hydrogens (tertiary/aromatic N) is 1. The van der Waals surface area contributed by atoms with Crippen molar-refractivity contribution in [1.29, 1.82) is 0 Å². The summed E-state index contributed by atoms with van der Waals surface area (Å²) >= 11 is 0. The van der Waals surface area contributed by atoms with Crippen molar-refractivity contribution in [2.24, 2.45) is 0 Å². The summed E-state index contributed by atoms with van der Waals surface area (Å²) in [5, 5.41) is 2.89. The van der Waals surface area contributed by atoms with Crippen LogP contribution < -0.4 is 14.8 Å². The molecule has 1 aromatic carbocycles. The number of rotatable bonds is 7. The second-order valence-electron chi connectivity index (χ2n) is 5.87. The summed E-state index contributed by atoms with van der Waals surface area (Å²) < 4.78 is 10.8. The molecule has 1 heterocycles. The van der Waals surface area contributed by atoms with Gasteiger partial charge in [-0.15, -0.1) is 0 Å². The highest BCUT2D eigenvalue weighted by Crippen LogP contribution is 2.28. The van der Waals surface area contributed by atoms with E-state index in [1.54, 1.807) is 25.3 Å². The molecule has 1 N–H and O–H groups in total. The Hall–Kier alpha value is -3.08. The van der Waals surface area contributed by atoms with E-state index in [0.29, 0.717) is 18.1 Å². The molecule has 26 heavy (non-hydrogen) atoms. The third kappa shape index (κ3) is 4.96. The van der Waals surface area contributed by atoms with Gasteiger partial charge in [0, 0.05) is 11.8 Å². The van der Waals surface area contributed by atoms with Gasteiger partial charge in [0.2, 0.25) is 5.91 Å². The molecule has 2 aromatic rings. The van der Waals surface area contributed by atoms with Gasteiger partial charge in [-0.2, -0.15) is 0 Å². The van der Waals surface area contributed by atoms with E-state index in [2.05, 4.69) is 16.9 Å². The molecular formula is C21H24N2O3. The van der Waals surface area contributed by atoms with E-state index in [-0.39, 0.29) is 5.91 Å². The predicted octanol–water partition coefficient (Wildman–Crippen LogP) is 4.23. The average molecular weight is 352 g/mol. The number of aromatic nitrogens is 1. The van der Waals surface area contributed by atoms with Crippen molar-refractivity contribution in [1.82, 2.24) is 4.98 Å². The molecule has 5 nitrogen and oxygen atoms in total. The number of hydrogen-bond acceptors (Lipinski definition) is 4. The molecule has 0 spiro atoms. The zero-order valence-corrected chi connectivity index (χ0v) is 15.6. The van der Waals surface area contributed by atoms with Crippen molar-refractivity contribution < 1.29 is 14.3 Å². The van der Waals surface area contributed by atoms with Gasteiger partial charge < -0.3 is 14.8 Å². The van der Waals surface area contributed by atoms with E-state index >= 15 is 0 Å². The van der Waals surface area contributed by atoms with Crippen LogP contribution in [0.2, 0.25) is 0 Å². The van der Waals surface area contributed by atoms with Crippen molar-refractivity contribution in [3.63, 3.8) is 0 Å². The van der Waals surface area contributed by atoms with Gasteiger partial charge in [-0.25, -0.2) is 0 Å². The van der Waals surface area contributed by atoms with Crippen molar-refractivity contribution in [3.05, 3.63) is 65.5 Å². The Morgan fingerprint density at radius 2 is 2.00 bits per heavy atom. The van der Waals surface area contributed by atoms with E-state index in [1.165, 1.54) is 6.08 Å². The first-order valence-corrected chi connectivity index (χ1v) is 8.30. The van der Waals surface area contributed by atoms with Crippen LogP contribution in [0.4, 0.5) is 5.69 Å². The Labute approximate surface area is 154 Å². The summed E-state index contributed by atoms with van der Waals surface area (Å²) in [5.41, 5.74) is 4.30. The molecule has 136 valence electrons. The molecule has 0 atom stereocenters. The quantitative estimate of drug-likeness (QED) is 0.598. The Kier molecular flexibility index (Phi) is 6.55. The molecule has 0 saturated carbocycles. The van der Waals surface area contributed by atoms with E-state index in [0.717, 1.165) is 28.2 Å². The van der Waals surface area contributed by atoms with Crippen LogP contribution in [0, 0.1) is 20.8 Å². The lowest BCUT2D eigenvalue weighted by Gasteiger charge is -2.11. The number of amides is 1. The Morgan fingerprint density at radius 1 is 1.23 bits per heavy atom. The molecule has 0 aliphatic rings. The molecule has 0 radical (unpaired) electrons. The topological polar surface area (TPSA) is 60.5 Å². The number of carbonyl (C=O) groups excluding carboxylic acids is 1. The summed E-state index contributed by atoms with van der Waals surface area (Å²) in [6, 6.07) is 7.41. The third-order valence-electron chi connectivity index (χ3n) is 3.75. The van der Waals surface area contributed by atoms with Crippen molar-refractivity contribution in [2.45, 2.75) is 20.8 Å². The molecule has 0 bridgehead atoms. The van der Waals surface area contributed by atoms with Gasteiger partial charge in [-0.1, -0.05) is 18.7 Å². The fraction of sp³-hybridized carbons (Fsp3) is 0.238. The maximum Gasteiger partial charge on any atom is 0.248 e. The lowest BCUT2D eigenvalue weighted by Crippen LogP contribution is -2.11. The first kappa shape index (κ1) is 19.2. The molecule has 1 amide bonds. The van der Waals surface area contributed by atoms with Gasteiger partial charge >= 0.3 is 0 Å². The molecule has 5 heteroatoms. The second-order valence-corrected chi connectivity index (χ2v) is 5.87. The van der Waals surface area contributed by atoms with Crippen molar-refractivity contribution in [3.8, 4) is 11.5 Å². The van der Waals surface area contributed by atoms with Gasteiger partial charge in [0.05, 0.1) is 18.5 Å². The number of carbonyl (C=O) groups is 1. The van der Waals surface area contributed by atoms with Crippen LogP contribution >= 0.6 is 0 Å². The van der Waals surface area contributed by atoms with Crippen LogP contribution in [0.3, 0.4) is 0 Å². The molecule has 0 saturated heterocycles. The highest BCUT2D eigenvalue weighted by atomic mass is 16.5. The van der Waals surface area contributed by atoms with Crippen LogP contribution in [0.5, 0.6) is 11.5 Å². The average Bonchev–Trinajstić information content (AvgIpc) is 2.61. The number of hydrogen-bond donors (Lipinski definition) is 1. The van der Waals surface area contributed by atoms with Crippen LogP contribution in [0.15, 0.2) is 43.0 Å². The SMILES string of the molecule is C=CCOc1ccc(/C=C/C(=O)Nc2c(C)cc(C)nc2C)cc1OC. The Bertz CT molecular complexity index is 818. The maximum absolute atomic E-state index is 12.2. The molecule has 0 aliphatic heterocycles. The molecular weight excluding hydrogens is 328 g/mol. The van der Waals surface area contributed by atoms with Gasteiger partial charge in [-0.3, -0.25) is 9.78 Å². The zero-order valence-electron chi connectivity index (χ0n) is 15.6. The standard InChI is InChI=1S/C21H24N2O3/c1-6-11-26-18-9-7-17(13-19(18)25-5)8-10-20(24)23-21-14(2)12-15(3)22-16(21)4/h6-10,12-13H,1,11H2,2-5H3,(H,23,24)/b10-8+. The molecule has 0 unspecified atom stereocenters. The molecule has 0 aliphatic carbocycles. The number of pyridine rings is 1. The van der Waals surface area contributed by atoms with Gasteiger partial charge in [0.25, 0.3) is 0 Å². The summed E-state index contributed by atoms with van der Waals surface area (Å²) in [6.45, 7) is 9.79. The van der Waals surface area contributed by atoms with Crippen LogP contribution in [0.1, 0.15) is 22.5 Å². The van der Waals surface area contributed by atoms with Crippen LogP contribution in [-0.4, -0.2) is 24.6 Å². The number of nitrogens with one attached hydrogen (secondary N) is 1. The van der Waals surface area contributed by atoms with E-state index < -0.39 is 0 Å².